The molecule has 1 atom stereocenters. The van der Waals surface area contributed by atoms with Crippen molar-refractivity contribution in [1.29, 1.82) is 0 Å². The standard InChI is InChI=1S/C15H16ClN3O3S/c1-18(2)13(14-4-3-5-23-14)9-17-8-10-6-11(16)7-12(15(10)20)19(21)22/h3-8,13,20H,9H2,1-2H3/t13-/m1/s1. The van der Waals surface area contributed by atoms with Crippen LogP contribution >= 0.6 is 22.9 Å². The topological polar surface area (TPSA) is 83.0 Å². The van der Waals surface area contributed by atoms with Crippen molar-refractivity contribution in [2.45, 2.75) is 6.04 Å². The van der Waals surface area contributed by atoms with Gasteiger partial charge in [0, 0.05) is 17.3 Å². The van der Waals surface area contributed by atoms with Crippen LogP contribution in [0, 0.1) is 10.1 Å². The van der Waals surface area contributed by atoms with Crippen molar-refractivity contribution in [1.82, 2.24) is 0 Å². The molecule has 6 nitrogen and oxygen atoms in total. The van der Waals surface area contributed by atoms with Crippen molar-refractivity contribution in [3.8, 4) is 5.75 Å². The minimum Gasteiger partial charge on any atom is -0.867 e. The highest BCUT2D eigenvalue weighted by atomic mass is 35.5. The second-order valence-corrected chi connectivity index (χ2v) is 6.66. The summed E-state index contributed by atoms with van der Waals surface area (Å²) in [5, 5.41) is 25.0. The fourth-order valence-electron chi connectivity index (χ4n) is 2.13. The first-order valence-corrected chi connectivity index (χ1v) is 8.14. The van der Waals surface area contributed by atoms with Crippen LogP contribution in [0.3, 0.4) is 0 Å². The molecular formula is C15H16ClN3O3S. The van der Waals surface area contributed by atoms with Gasteiger partial charge in [-0.2, -0.15) is 0 Å². The van der Waals surface area contributed by atoms with E-state index in [4.69, 9.17) is 11.6 Å². The van der Waals surface area contributed by atoms with Crippen LogP contribution in [0.5, 0.6) is 5.75 Å². The molecular weight excluding hydrogens is 338 g/mol. The molecule has 0 saturated heterocycles. The molecule has 0 saturated carbocycles. The molecule has 2 aromatic rings. The molecule has 0 aliphatic rings. The average Bonchev–Trinajstić information content (AvgIpc) is 2.99. The molecule has 0 fully saturated rings. The van der Waals surface area contributed by atoms with Crippen LogP contribution in [-0.2, 0) is 0 Å². The number of thiophene rings is 1. The smallest absolute Gasteiger partial charge is 0.263 e. The van der Waals surface area contributed by atoms with Crippen LogP contribution in [0.1, 0.15) is 16.5 Å². The first-order chi connectivity index (χ1) is 10.9. The van der Waals surface area contributed by atoms with Gasteiger partial charge in [0.05, 0.1) is 30.4 Å². The molecule has 0 radical (unpaired) electrons. The van der Waals surface area contributed by atoms with E-state index in [1.165, 1.54) is 22.1 Å². The second kappa shape index (κ2) is 7.54. The van der Waals surface area contributed by atoms with Gasteiger partial charge in [-0.1, -0.05) is 17.7 Å². The summed E-state index contributed by atoms with van der Waals surface area (Å²) in [7, 11) is 4.06. The van der Waals surface area contributed by atoms with Gasteiger partial charge in [0.15, 0.2) is 0 Å². The molecule has 23 heavy (non-hydrogen) atoms. The number of benzene rings is 1. The number of hydrogen-bond donors (Lipinski definition) is 1. The van der Waals surface area contributed by atoms with E-state index in [2.05, 4.69) is 4.99 Å². The van der Waals surface area contributed by atoms with Crippen molar-refractivity contribution in [2.75, 3.05) is 20.6 Å². The fraction of sp³-hybridized carbons (Fsp3) is 0.267. The van der Waals surface area contributed by atoms with E-state index in [1.807, 2.05) is 31.6 Å². The molecule has 0 aliphatic carbocycles. The van der Waals surface area contributed by atoms with Gasteiger partial charge in [-0.05, 0) is 28.8 Å². The highest BCUT2D eigenvalue weighted by molar-refractivity contribution is 7.10. The number of rotatable bonds is 6. The Morgan fingerprint density at radius 2 is 2.22 bits per heavy atom. The van der Waals surface area contributed by atoms with Gasteiger partial charge in [0.25, 0.3) is 5.69 Å². The van der Waals surface area contributed by atoms with Gasteiger partial charge < -0.3 is 10.0 Å². The summed E-state index contributed by atoms with van der Waals surface area (Å²) in [5.41, 5.74) is -0.408. The van der Waals surface area contributed by atoms with Gasteiger partial charge in [0.2, 0.25) is 0 Å². The summed E-state index contributed by atoms with van der Waals surface area (Å²) < 4.78 is 0. The van der Waals surface area contributed by atoms with E-state index >= 15 is 0 Å². The fourth-order valence-corrected chi connectivity index (χ4v) is 3.30. The first kappa shape index (κ1) is 17.4. The van der Waals surface area contributed by atoms with Crippen LogP contribution in [-0.4, -0.2) is 31.8 Å². The zero-order valence-electron chi connectivity index (χ0n) is 12.7. The Kier molecular flexibility index (Phi) is 5.70. The maximum absolute atomic E-state index is 12.0. The summed E-state index contributed by atoms with van der Waals surface area (Å²) in [4.78, 5) is 16.8. The minimum atomic E-state index is -0.732. The Morgan fingerprint density at radius 1 is 1.48 bits per heavy atom. The predicted octanol–water partition coefficient (Wildman–Crippen LogP) is 1.69. The molecule has 0 spiro atoms. The lowest BCUT2D eigenvalue weighted by molar-refractivity contribution is -0.890. The maximum atomic E-state index is 12.0. The Bertz CT molecular complexity index is 717. The summed E-state index contributed by atoms with van der Waals surface area (Å²) in [6.45, 7) is 0.475. The van der Waals surface area contributed by atoms with Crippen molar-refractivity contribution >= 4 is 34.8 Å². The van der Waals surface area contributed by atoms with E-state index in [0.717, 1.165) is 6.07 Å². The molecule has 1 N–H and O–H groups in total. The van der Waals surface area contributed by atoms with Gasteiger partial charge >= 0.3 is 0 Å². The number of nitro benzene ring substituents is 1. The maximum Gasteiger partial charge on any atom is 0.263 e. The highest BCUT2D eigenvalue weighted by Gasteiger charge is 2.18. The predicted molar refractivity (Wildman–Crippen MR) is 89.9 cm³/mol. The number of nitrogens with one attached hydrogen (secondary N) is 1. The van der Waals surface area contributed by atoms with Gasteiger partial charge in [-0.15, -0.1) is 11.3 Å². The third kappa shape index (κ3) is 4.28. The molecule has 0 unspecified atom stereocenters. The van der Waals surface area contributed by atoms with Gasteiger partial charge in [0.1, 0.15) is 6.04 Å². The first-order valence-electron chi connectivity index (χ1n) is 6.88. The Labute approximate surface area is 142 Å². The van der Waals surface area contributed by atoms with Crippen LogP contribution in [0.25, 0.3) is 0 Å². The van der Waals surface area contributed by atoms with Crippen molar-refractivity contribution in [3.63, 3.8) is 0 Å². The zero-order chi connectivity index (χ0) is 17.0. The van der Waals surface area contributed by atoms with Crippen molar-refractivity contribution in [3.05, 3.63) is 55.2 Å². The quantitative estimate of drug-likeness (QED) is 0.487. The van der Waals surface area contributed by atoms with E-state index < -0.39 is 16.4 Å². The van der Waals surface area contributed by atoms with Gasteiger partial charge in [-0.25, -0.2) is 0 Å². The normalized spacial score (nSPS) is 12.9. The Hall–Kier alpha value is -1.96. The van der Waals surface area contributed by atoms with Crippen LogP contribution < -0.4 is 10.0 Å². The molecule has 122 valence electrons. The van der Waals surface area contributed by atoms with Gasteiger partial charge in [-0.3, -0.25) is 15.1 Å². The monoisotopic (exact) mass is 353 g/mol. The second-order valence-electron chi connectivity index (χ2n) is 5.24. The lowest BCUT2D eigenvalue weighted by Gasteiger charge is -2.18. The van der Waals surface area contributed by atoms with Crippen LogP contribution in [0.4, 0.5) is 5.69 Å². The van der Waals surface area contributed by atoms with E-state index in [-0.39, 0.29) is 16.6 Å². The van der Waals surface area contributed by atoms with Crippen LogP contribution in [0.2, 0.25) is 5.02 Å². The number of halogens is 1. The van der Waals surface area contributed by atoms with Crippen LogP contribution in [0.15, 0.2) is 34.6 Å². The van der Waals surface area contributed by atoms with E-state index in [9.17, 15) is 15.2 Å². The zero-order valence-corrected chi connectivity index (χ0v) is 14.2. The lowest BCUT2D eigenvalue weighted by Crippen LogP contribution is -3.06. The SMILES string of the molecule is C[NH+](C)[C@H](CN=Cc1cc(Cl)cc([N+](=O)[O-])c1[O-])c1cccs1. The Morgan fingerprint density at radius 3 is 2.78 bits per heavy atom. The van der Waals surface area contributed by atoms with E-state index in [0.29, 0.717) is 6.54 Å². The third-order valence-corrected chi connectivity index (χ3v) is 4.57. The highest BCUT2D eigenvalue weighted by Crippen LogP contribution is 2.30. The number of hydrogen-bond acceptors (Lipinski definition) is 5. The summed E-state index contributed by atoms with van der Waals surface area (Å²) in [6, 6.07) is 6.63. The number of aliphatic imine (C=N–C) groups is 1. The molecule has 2 rings (SSSR count). The molecule has 1 aromatic heterocycles. The minimum absolute atomic E-state index is 0.128. The molecule has 0 bridgehead atoms. The molecule has 0 aliphatic heterocycles. The molecule has 1 heterocycles. The molecule has 1 aromatic carbocycles. The summed E-state index contributed by atoms with van der Waals surface area (Å²) in [5.74, 6) is -0.673. The van der Waals surface area contributed by atoms with Crippen molar-refractivity contribution in [2.24, 2.45) is 4.99 Å². The lowest BCUT2D eigenvalue weighted by atomic mass is 10.2. The third-order valence-electron chi connectivity index (χ3n) is 3.36. The van der Waals surface area contributed by atoms with Crippen molar-refractivity contribution < 1.29 is 14.9 Å². The number of nitrogens with zero attached hydrogens (tertiary/aromatic N) is 2. The van der Waals surface area contributed by atoms with E-state index in [1.54, 1.807) is 11.3 Å². The summed E-state index contributed by atoms with van der Waals surface area (Å²) >= 11 is 7.48. The number of likely N-dealkylation sites (N-methyl/N-ethyl adjacent to an activating group) is 1. The Balaban J connectivity index is 2.21. The molecule has 8 heteroatoms. The largest absolute Gasteiger partial charge is 0.867 e. The number of quaternary nitrogens is 1. The summed E-state index contributed by atoms with van der Waals surface area (Å²) in [6.07, 6.45) is 1.37. The average molecular weight is 354 g/mol. The number of nitro groups is 1. The molecule has 0 amide bonds.